The number of sulfonamides is 1. The molecule has 0 aliphatic rings. The molecule has 2 rings (SSSR count). The number of halogens is 2. The monoisotopic (exact) mass is 393 g/mol. The van der Waals surface area contributed by atoms with Gasteiger partial charge in [-0.2, -0.15) is 0 Å². The van der Waals surface area contributed by atoms with E-state index in [4.69, 9.17) is 16.2 Å². The predicted molar refractivity (Wildman–Crippen MR) is 97.7 cm³/mol. The summed E-state index contributed by atoms with van der Waals surface area (Å²) in [5.41, 5.74) is 6.70. The van der Waals surface area contributed by atoms with E-state index in [9.17, 15) is 13.2 Å². The second-order valence-electron chi connectivity index (χ2n) is 4.78. The highest BCUT2D eigenvalue weighted by atomic mass is 35.5. The quantitative estimate of drug-likeness (QED) is 0.435. The molecule has 0 aliphatic heterocycles. The lowest BCUT2D eigenvalue weighted by Gasteiger charge is -2.07. The second-order valence-corrected chi connectivity index (χ2v) is 6.59. The normalized spacial score (nSPS) is 10.5. The van der Waals surface area contributed by atoms with Crippen LogP contribution in [0, 0.1) is 5.41 Å². The molecule has 0 atom stereocenters. The highest BCUT2D eigenvalue weighted by molar-refractivity contribution is 7.90. The van der Waals surface area contributed by atoms with Crippen LogP contribution in [0.1, 0.15) is 11.1 Å². The maximum absolute atomic E-state index is 11.5. The molecule has 0 amide bonds. The van der Waals surface area contributed by atoms with Gasteiger partial charge in [0.05, 0.1) is 0 Å². The molecule has 2 aromatic carbocycles. The third-order valence-electron chi connectivity index (χ3n) is 3.03. The Labute approximate surface area is 151 Å². The Hall–Kier alpha value is -1.87. The van der Waals surface area contributed by atoms with E-state index in [1.165, 1.54) is 0 Å². The van der Waals surface area contributed by atoms with Gasteiger partial charge in [-0.1, -0.05) is 24.3 Å². The number of amidine groups is 1. The van der Waals surface area contributed by atoms with Gasteiger partial charge < -0.3 is 10.8 Å². The number of nitrogens with two attached hydrogens (primary N) is 1. The number of hydrogen-bond acceptors (Lipinski definition) is 4. The predicted octanol–water partition coefficient (Wildman–Crippen LogP) is 1.47. The second kappa shape index (κ2) is 8.84. The van der Waals surface area contributed by atoms with Crippen LogP contribution in [-0.2, 0) is 21.4 Å². The molecule has 0 unspecified atom stereocenters. The number of fused-ring (bicyclic) bond motifs is 1. The fraction of sp³-hybridized carbons (Fsp3) is 0.143. The summed E-state index contributed by atoms with van der Waals surface area (Å²) in [6.07, 6.45) is 0. The van der Waals surface area contributed by atoms with Crippen molar-refractivity contribution in [3.63, 3.8) is 0 Å². The molecule has 0 radical (unpaired) electrons. The molecular weight excluding hydrogens is 377 g/mol. The number of carboxylic acid groups (broad SMARTS) is 1. The van der Waals surface area contributed by atoms with Crippen LogP contribution in [0.2, 0.25) is 0 Å². The summed E-state index contributed by atoms with van der Waals surface area (Å²) >= 11 is 0. The first kappa shape index (κ1) is 22.1. The van der Waals surface area contributed by atoms with Crippen LogP contribution in [0.3, 0.4) is 0 Å². The van der Waals surface area contributed by atoms with E-state index in [-0.39, 0.29) is 37.2 Å². The minimum atomic E-state index is -3.86. The van der Waals surface area contributed by atoms with Crippen LogP contribution in [0.4, 0.5) is 0 Å². The minimum absolute atomic E-state index is 0. The lowest BCUT2D eigenvalue weighted by atomic mass is 10.0. The first-order valence-corrected chi connectivity index (χ1v) is 7.98. The van der Waals surface area contributed by atoms with Crippen LogP contribution in [0.15, 0.2) is 36.4 Å². The first-order chi connectivity index (χ1) is 10.3. The van der Waals surface area contributed by atoms with Crippen molar-refractivity contribution in [3.05, 3.63) is 47.5 Å². The van der Waals surface area contributed by atoms with Gasteiger partial charge in [0.1, 0.15) is 5.84 Å². The maximum atomic E-state index is 11.5. The van der Waals surface area contributed by atoms with E-state index in [1.54, 1.807) is 24.3 Å². The third-order valence-corrected chi connectivity index (χ3v) is 4.24. The van der Waals surface area contributed by atoms with Crippen LogP contribution in [0.5, 0.6) is 0 Å². The zero-order valence-corrected chi connectivity index (χ0v) is 14.8. The summed E-state index contributed by atoms with van der Waals surface area (Å²) in [5, 5.41) is 17.7. The van der Waals surface area contributed by atoms with Gasteiger partial charge in [-0.3, -0.25) is 10.2 Å². The van der Waals surface area contributed by atoms with Gasteiger partial charge in [0.2, 0.25) is 10.0 Å². The molecule has 0 bridgehead atoms. The average Bonchev–Trinajstić information content (AvgIpc) is 2.43. The maximum Gasteiger partial charge on any atom is 0.320 e. The Kier molecular flexibility index (Phi) is 8.15. The van der Waals surface area contributed by atoms with Crippen molar-refractivity contribution in [2.24, 2.45) is 5.73 Å². The Morgan fingerprint density at radius 3 is 2.33 bits per heavy atom. The highest BCUT2D eigenvalue weighted by Crippen LogP contribution is 2.18. The van der Waals surface area contributed by atoms with Gasteiger partial charge in [-0.25, -0.2) is 13.1 Å². The van der Waals surface area contributed by atoms with Crippen molar-refractivity contribution in [1.82, 2.24) is 4.72 Å². The van der Waals surface area contributed by atoms with Gasteiger partial charge in [0.15, 0.2) is 5.75 Å². The van der Waals surface area contributed by atoms with Crippen molar-refractivity contribution >= 4 is 57.4 Å². The van der Waals surface area contributed by atoms with E-state index >= 15 is 0 Å². The number of nitrogens with one attached hydrogen (secondary N) is 2. The summed E-state index contributed by atoms with van der Waals surface area (Å²) in [5.74, 6) is -2.42. The summed E-state index contributed by atoms with van der Waals surface area (Å²) in [6, 6.07) is 10.6. The number of carboxylic acids is 1. The topological polar surface area (TPSA) is 133 Å². The lowest BCUT2D eigenvalue weighted by molar-refractivity contribution is -0.134. The van der Waals surface area contributed by atoms with Crippen molar-refractivity contribution in [2.45, 2.75) is 6.54 Å². The first-order valence-electron chi connectivity index (χ1n) is 6.33. The SMILES string of the molecule is Cl.Cl.N=C(N)c1ccc2ccc(CNS(=O)(=O)CC(=O)O)cc2c1. The van der Waals surface area contributed by atoms with Gasteiger partial charge in [-0.15, -0.1) is 24.8 Å². The highest BCUT2D eigenvalue weighted by Gasteiger charge is 2.14. The molecule has 0 aromatic heterocycles. The Balaban J connectivity index is 0.00000264. The third kappa shape index (κ3) is 5.97. The number of nitrogen functional groups attached to an aromatic ring is 1. The number of aliphatic carboxylic acids is 1. The minimum Gasteiger partial charge on any atom is -0.480 e. The molecule has 132 valence electrons. The molecule has 0 saturated carbocycles. The summed E-state index contributed by atoms with van der Waals surface area (Å²) in [6.45, 7) is -0.00411. The summed E-state index contributed by atoms with van der Waals surface area (Å²) in [4.78, 5) is 10.5. The van der Waals surface area contributed by atoms with E-state index in [0.29, 0.717) is 11.1 Å². The van der Waals surface area contributed by atoms with E-state index in [1.807, 2.05) is 12.1 Å². The number of rotatable bonds is 6. The molecular formula is C14H17Cl2N3O4S. The van der Waals surface area contributed by atoms with Gasteiger partial charge >= 0.3 is 5.97 Å². The van der Waals surface area contributed by atoms with Crippen LogP contribution in [-0.4, -0.2) is 31.1 Å². The Morgan fingerprint density at radius 2 is 1.75 bits per heavy atom. The zero-order chi connectivity index (χ0) is 16.3. The standard InChI is InChI=1S/C14H15N3O4S.2ClH/c15-14(16)11-4-3-10-2-1-9(5-12(10)6-11)7-17-22(20,21)8-13(18)19;;/h1-6,17H,7-8H2,(H3,15,16)(H,18,19);2*1H. The number of hydrogen-bond donors (Lipinski definition) is 4. The molecule has 0 fully saturated rings. The summed E-state index contributed by atoms with van der Waals surface area (Å²) in [7, 11) is -3.86. The van der Waals surface area contributed by atoms with Crippen LogP contribution < -0.4 is 10.5 Å². The molecule has 24 heavy (non-hydrogen) atoms. The molecule has 0 saturated heterocycles. The number of benzene rings is 2. The summed E-state index contributed by atoms with van der Waals surface area (Å²) < 4.78 is 25.2. The molecule has 5 N–H and O–H groups in total. The Morgan fingerprint density at radius 1 is 1.12 bits per heavy atom. The van der Waals surface area contributed by atoms with Crippen molar-refractivity contribution in [2.75, 3.05) is 5.75 Å². The molecule has 7 nitrogen and oxygen atoms in total. The van der Waals surface area contributed by atoms with Crippen molar-refractivity contribution in [1.29, 1.82) is 5.41 Å². The van der Waals surface area contributed by atoms with E-state index < -0.39 is 21.7 Å². The molecule has 0 spiro atoms. The smallest absolute Gasteiger partial charge is 0.320 e. The van der Waals surface area contributed by atoms with Gasteiger partial charge in [0.25, 0.3) is 0 Å². The van der Waals surface area contributed by atoms with Crippen molar-refractivity contribution < 1.29 is 18.3 Å². The average molecular weight is 394 g/mol. The molecule has 10 heteroatoms. The molecule has 0 aliphatic carbocycles. The van der Waals surface area contributed by atoms with E-state index in [2.05, 4.69) is 4.72 Å². The van der Waals surface area contributed by atoms with Gasteiger partial charge in [-0.05, 0) is 28.5 Å². The fourth-order valence-corrected chi connectivity index (χ4v) is 2.79. The number of carbonyl (C=O) groups is 1. The fourth-order valence-electron chi connectivity index (χ4n) is 1.98. The lowest BCUT2D eigenvalue weighted by Crippen LogP contribution is -2.29. The zero-order valence-electron chi connectivity index (χ0n) is 12.4. The van der Waals surface area contributed by atoms with E-state index in [0.717, 1.165) is 10.8 Å². The largest absolute Gasteiger partial charge is 0.480 e. The molecule has 0 heterocycles. The van der Waals surface area contributed by atoms with Crippen molar-refractivity contribution in [3.8, 4) is 0 Å². The Bertz CT molecular complexity index is 856. The van der Waals surface area contributed by atoms with Gasteiger partial charge in [0, 0.05) is 12.1 Å². The van der Waals surface area contributed by atoms with Crippen LogP contribution in [0.25, 0.3) is 10.8 Å². The van der Waals surface area contributed by atoms with Crippen LogP contribution >= 0.6 is 24.8 Å². The molecule has 2 aromatic rings.